The summed E-state index contributed by atoms with van der Waals surface area (Å²) in [7, 11) is 1.70. The van der Waals surface area contributed by atoms with Crippen LogP contribution in [0.15, 0.2) is 157 Å². The van der Waals surface area contributed by atoms with Crippen LogP contribution in [-0.4, -0.2) is 108 Å². The Morgan fingerprint density at radius 1 is 0.422 bits per heavy atom. The molecule has 0 unspecified atom stereocenters. The Hall–Kier alpha value is -10.5. The Labute approximate surface area is 528 Å². The number of carbonyl (C=O) groups is 6. The molecule has 6 aromatic heterocycles. The molecule has 0 saturated carbocycles. The van der Waals surface area contributed by atoms with Gasteiger partial charge in [-0.3, -0.25) is 31.5 Å². The number of pyridine rings is 5. The molecule has 0 bridgehead atoms. The second kappa shape index (κ2) is 36.6. The molecule has 11 N–H and O–H groups in total. The molecule has 25 heteroatoms. The number of hydrogen-bond acceptors (Lipinski definition) is 13. The lowest BCUT2D eigenvalue weighted by Crippen LogP contribution is -2.47. The van der Waals surface area contributed by atoms with Crippen LogP contribution in [0.1, 0.15) is 110 Å². The van der Waals surface area contributed by atoms with E-state index in [9.17, 15) is 28.8 Å². The number of aromatic nitrogens is 6. The van der Waals surface area contributed by atoms with Gasteiger partial charge in [0.25, 0.3) is 0 Å². The smallest absolute Gasteiger partial charge is 0.323 e. The summed E-state index contributed by atoms with van der Waals surface area (Å²) in [5, 5.41) is 37.6. The largest absolute Gasteiger partial charge is 0.360 e. The van der Waals surface area contributed by atoms with Gasteiger partial charge in [-0.25, -0.2) is 53.7 Å². The number of nitrogens with one attached hydrogen (secondary N) is 11. The quantitative estimate of drug-likeness (QED) is 0.0641. The van der Waals surface area contributed by atoms with Crippen LogP contribution in [0.3, 0.4) is 0 Å². The molecule has 6 heterocycles. The van der Waals surface area contributed by atoms with Crippen LogP contribution in [0.4, 0.5) is 63.7 Å². The lowest BCUT2D eigenvalue weighted by molar-refractivity contribution is 0.238. The number of anilines is 6. The zero-order valence-corrected chi connectivity index (χ0v) is 54.7. The van der Waals surface area contributed by atoms with Crippen LogP contribution in [-0.2, 0) is 0 Å². The van der Waals surface area contributed by atoms with E-state index in [2.05, 4.69) is 88.6 Å². The minimum Gasteiger partial charge on any atom is -0.360 e. The molecule has 0 aliphatic carbocycles. The van der Waals surface area contributed by atoms with Gasteiger partial charge in [0.05, 0.1) is 0 Å². The fourth-order valence-corrected chi connectivity index (χ4v) is 6.94. The molecule has 0 saturated heterocycles. The number of urea groups is 6. The topological polar surface area (TPSA) is 328 Å². The van der Waals surface area contributed by atoms with Crippen molar-refractivity contribution in [3.05, 3.63) is 158 Å². The average molecular weight is 1240 g/mol. The van der Waals surface area contributed by atoms with E-state index in [0.29, 0.717) is 40.7 Å². The zero-order chi connectivity index (χ0) is 67.0. The first-order chi connectivity index (χ1) is 42.2. The third kappa shape index (κ3) is 32.3. The molecule has 2 aromatic carbocycles. The van der Waals surface area contributed by atoms with Gasteiger partial charge in [-0.15, -0.1) is 0 Å². The number of nitrogens with zero attached hydrogens (tertiary/aromatic N) is 7. The molecule has 0 radical (unpaired) electrons. The third-order valence-electron chi connectivity index (χ3n) is 10.5. The van der Waals surface area contributed by atoms with Crippen molar-refractivity contribution < 1.29 is 33.3 Å². The number of aryl methyl sites for hydroxylation is 1. The van der Waals surface area contributed by atoms with Gasteiger partial charge in [0.2, 0.25) is 0 Å². The van der Waals surface area contributed by atoms with E-state index < -0.39 is 0 Å². The zero-order valence-electron chi connectivity index (χ0n) is 54.7. The predicted molar refractivity (Wildman–Crippen MR) is 360 cm³/mol. The van der Waals surface area contributed by atoms with Crippen molar-refractivity contribution in [3.63, 3.8) is 0 Å². The highest BCUT2D eigenvalue weighted by Gasteiger charge is 2.19. The van der Waals surface area contributed by atoms with Crippen molar-refractivity contribution in [1.82, 2.24) is 62.0 Å². The molecule has 8 rings (SSSR count). The number of carbonyl (C=O) groups excluding carboxylic acids is 6. The van der Waals surface area contributed by atoms with Gasteiger partial charge < -0.3 is 36.4 Å². The Balaban J connectivity index is 0.000000283. The number of amides is 12. The molecule has 12 amide bonds. The van der Waals surface area contributed by atoms with E-state index in [1.165, 1.54) is 4.90 Å². The second-order valence-electron chi connectivity index (χ2n) is 23.9. The molecule has 0 spiro atoms. The Morgan fingerprint density at radius 2 is 0.856 bits per heavy atom. The summed E-state index contributed by atoms with van der Waals surface area (Å²) in [5.41, 5.74) is -0.736. The van der Waals surface area contributed by atoms with Crippen molar-refractivity contribution in [2.24, 2.45) is 0 Å². The maximum atomic E-state index is 11.7. The van der Waals surface area contributed by atoms with Gasteiger partial charge in [0.1, 0.15) is 34.8 Å². The molecule has 0 aliphatic rings. The summed E-state index contributed by atoms with van der Waals surface area (Å²) in [6, 6.07) is 36.3. The van der Waals surface area contributed by atoms with E-state index in [1.807, 2.05) is 189 Å². The monoisotopic (exact) mass is 1230 g/mol. The van der Waals surface area contributed by atoms with Crippen LogP contribution < -0.4 is 63.4 Å². The van der Waals surface area contributed by atoms with Crippen molar-refractivity contribution >= 4 is 92.6 Å². The van der Waals surface area contributed by atoms with Crippen LogP contribution in [0.5, 0.6) is 0 Å². The summed E-state index contributed by atoms with van der Waals surface area (Å²) < 4.78 is 4.78. The van der Waals surface area contributed by atoms with Gasteiger partial charge in [-0.1, -0.05) is 71.9 Å². The summed E-state index contributed by atoms with van der Waals surface area (Å²) in [4.78, 5) is 90.6. The molecule has 90 heavy (non-hydrogen) atoms. The number of hydrogen-bond donors (Lipinski definition) is 11. The molecular weight excluding hydrogens is 1140 g/mol. The molecule has 25 nitrogen and oxygen atoms in total. The van der Waals surface area contributed by atoms with Crippen LogP contribution in [0.25, 0.3) is 21.5 Å². The maximum Gasteiger partial charge on any atom is 0.323 e. The Morgan fingerprint density at radius 3 is 1.31 bits per heavy atom. The highest BCUT2D eigenvalue weighted by atomic mass is 16.5. The van der Waals surface area contributed by atoms with Crippen LogP contribution in [0, 0.1) is 6.92 Å². The van der Waals surface area contributed by atoms with E-state index in [0.717, 1.165) is 21.5 Å². The fourth-order valence-electron chi connectivity index (χ4n) is 6.94. The standard InChI is InChI=1S/C14H17N3O.C13H15N3O.C11H17N3O.C10H15N3O.C9H13N3O.C8H13N3O2/c1-14(2,3)17-13(18)16-12-8-10-6-4-5-7-11(10)9-15-12;1-9(2)15-13(17)16-12-11-6-4-3-5-10(11)7-8-14-12;1-11(2,3)13-10(15)14(4)9-7-5-6-8-12-9;1-10(2,3)13-9(14)12-8-6-4-5-7-11-8;1-7(2)11-9(13)12-8-5-3-4-6-10-8;1-5(2)9-8(12)10-7-4-6(3)13-11-7/h4-9H,1-3H3,(H2,15,16,17,18);3-9H,1-2H3,(H2,14,15,16,17);5-8H,1-4H3,(H,13,15);4-7H,1-3H3,(H2,11,12,13,14);3-7H,1-2H3,(H2,10,11,12,13);4-5H,1-3H3,(H2,9,10,11,12). The second-order valence-corrected chi connectivity index (χ2v) is 23.9. The Kier molecular flexibility index (Phi) is 30.0. The first-order valence-corrected chi connectivity index (χ1v) is 29.1. The van der Waals surface area contributed by atoms with Crippen LogP contribution in [0.2, 0.25) is 0 Å². The minimum absolute atomic E-state index is 0.102. The number of benzene rings is 2. The van der Waals surface area contributed by atoms with Crippen molar-refractivity contribution in [1.29, 1.82) is 0 Å². The van der Waals surface area contributed by atoms with Crippen molar-refractivity contribution in [2.45, 2.75) is 146 Å². The molecule has 0 fully saturated rings. The average Bonchev–Trinajstić information content (AvgIpc) is 3.74. The highest BCUT2D eigenvalue weighted by molar-refractivity contribution is 6.00. The summed E-state index contributed by atoms with van der Waals surface area (Å²) in [5.74, 6) is 3.97. The molecular formula is C65H90N18O7. The van der Waals surface area contributed by atoms with Gasteiger partial charge in [-0.2, -0.15) is 0 Å². The fraction of sp³-hybridized carbons (Fsp3) is 0.354. The molecule has 0 atom stereocenters. The van der Waals surface area contributed by atoms with Crippen LogP contribution >= 0.6 is 0 Å². The van der Waals surface area contributed by atoms with E-state index >= 15 is 0 Å². The van der Waals surface area contributed by atoms with Crippen molar-refractivity contribution in [2.75, 3.05) is 38.5 Å². The van der Waals surface area contributed by atoms with Gasteiger partial charge >= 0.3 is 36.2 Å². The van der Waals surface area contributed by atoms with Gasteiger partial charge in [0, 0.05) is 89.6 Å². The normalized spacial score (nSPS) is 10.6. The predicted octanol–water partition coefficient (Wildman–Crippen LogP) is 13.1. The lowest BCUT2D eigenvalue weighted by atomic mass is 10.1. The van der Waals surface area contributed by atoms with Gasteiger partial charge in [0.15, 0.2) is 5.82 Å². The lowest BCUT2D eigenvalue weighted by Gasteiger charge is -2.25. The molecule has 8 aromatic rings. The minimum atomic E-state index is -0.275. The third-order valence-corrected chi connectivity index (χ3v) is 10.5. The Bertz CT molecular complexity index is 3470. The van der Waals surface area contributed by atoms with E-state index in [-0.39, 0.29) is 70.9 Å². The highest BCUT2D eigenvalue weighted by Crippen LogP contribution is 2.21. The van der Waals surface area contributed by atoms with E-state index in [4.69, 9.17) is 4.52 Å². The molecule has 0 aliphatic heterocycles. The van der Waals surface area contributed by atoms with E-state index in [1.54, 1.807) is 81.4 Å². The summed E-state index contributed by atoms with van der Waals surface area (Å²) in [6.45, 7) is 30.5. The van der Waals surface area contributed by atoms with Crippen molar-refractivity contribution in [3.8, 4) is 0 Å². The van der Waals surface area contributed by atoms with Gasteiger partial charge in [-0.05, 0) is 170 Å². The number of rotatable bonds is 9. The summed E-state index contributed by atoms with van der Waals surface area (Å²) in [6.07, 6.45) is 8.36. The SMILES string of the molecule is CC(C)(C)NC(=O)Nc1cc2ccccc2cn1.CC(C)(C)NC(=O)Nc1ccccn1.CC(C)NC(=O)Nc1ccccn1.CC(C)NC(=O)Nc1nccc2ccccc12.CN(C(=O)NC(C)(C)C)c1ccccn1.Cc1cc(NC(=O)NC(C)C)no1. The first kappa shape index (κ1) is 73.8. The molecule has 482 valence electrons. The maximum absolute atomic E-state index is 11.7. The first-order valence-electron chi connectivity index (χ1n) is 29.1. The number of fused-ring (bicyclic) bond motifs is 2. The summed E-state index contributed by atoms with van der Waals surface area (Å²) >= 11 is 0.